The second kappa shape index (κ2) is 7.39. The van der Waals surface area contributed by atoms with Gasteiger partial charge in [0.2, 0.25) is 0 Å². The molecule has 0 bridgehead atoms. The van der Waals surface area contributed by atoms with E-state index >= 15 is 0 Å². The Hall–Kier alpha value is -1.49. The first-order valence-electron chi connectivity index (χ1n) is 7.48. The Morgan fingerprint density at radius 1 is 1.17 bits per heavy atom. The lowest BCUT2D eigenvalue weighted by molar-refractivity contribution is 0.139. The topological polar surface area (TPSA) is 43.4 Å². The van der Waals surface area contributed by atoms with Crippen molar-refractivity contribution in [1.29, 1.82) is 0 Å². The van der Waals surface area contributed by atoms with E-state index in [-0.39, 0.29) is 6.10 Å². The fourth-order valence-corrected chi connectivity index (χ4v) is 3.18. The number of methoxy groups -OCH3 is 1. The largest absolute Gasteiger partial charge is 0.493 e. The van der Waals surface area contributed by atoms with Crippen LogP contribution in [0.15, 0.2) is 36.7 Å². The number of aromatic nitrogens is 1. The van der Waals surface area contributed by atoms with E-state index in [0.717, 1.165) is 25.1 Å². The van der Waals surface area contributed by atoms with Crippen molar-refractivity contribution >= 4 is 23.2 Å². The van der Waals surface area contributed by atoms with Gasteiger partial charge in [-0.1, -0.05) is 23.2 Å². The molecular formula is C17H18Cl2N2O2. The van der Waals surface area contributed by atoms with Gasteiger partial charge in [-0.2, -0.15) is 0 Å². The maximum atomic E-state index is 6.29. The van der Waals surface area contributed by atoms with Crippen molar-refractivity contribution in [2.75, 3.05) is 20.2 Å². The summed E-state index contributed by atoms with van der Waals surface area (Å²) in [5.74, 6) is 1.62. The number of nitrogens with one attached hydrogen (secondary N) is 1. The summed E-state index contributed by atoms with van der Waals surface area (Å²) in [4.78, 5) is 4.19. The molecule has 23 heavy (non-hydrogen) atoms. The van der Waals surface area contributed by atoms with Gasteiger partial charge in [-0.25, -0.2) is 0 Å². The molecule has 1 aromatic carbocycles. The standard InChI is InChI=1S/C17H18Cl2N2O2/c1-22-16-7-13(18)2-3-15(16)23-17(11-4-5-20-8-11)12-6-14(19)10-21-9-12/h2-3,6-7,9-11,17,20H,4-5,8H2,1H3/t11?,17-/m0/s1. The number of hydrogen-bond donors (Lipinski definition) is 1. The van der Waals surface area contributed by atoms with Gasteiger partial charge in [-0.05, 0) is 31.2 Å². The molecule has 3 rings (SSSR count). The SMILES string of the molecule is COc1cc(Cl)ccc1O[C@H](c1cncc(Cl)c1)C1CCNC1. The smallest absolute Gasteiger partial charge is 0.162 e. The molecular weight excluding hydrogens is 335 g/mol. The normalized spacial score (nSPS) is 18.7. The van der Waals surface area contributed by atoms with Crippen LogP contribution in [-0.4, -0.2) is 25.2 Å². The van der Waals surface area contributed by atoms with Gasteiger partial charge in [0.25, 0.3) is 0 Å². The molecule has 1 unspecified atom stereocenters. The van der Waals surface area contributed by atoms with Crippen LogP contribution in [0.25, 0.3) is 0 Å². The Bertz CT molecular complexity index is 675. The first kappa shape index (κ1) is 16.4. The van der Waals surface area contributed by atoms with Gasteiger partial charge in [0.05, 0.1) is 12.1 Å². The van der Waals surface area contributed by atoms with Gasteiger partial charge in [-0.15, -0.1) is 0 Å². The van der Waals surface area contributed by atoms with Gasteiger partial charge in [-0.3, -0.25) is 4.98 Å². The summed E-state index contributed by atoms with van der Waals surface area (Å²) < 4.78 is 11.7. The van der Waals surface area contributed by atoms with E-state index in [2.05, 4.69) is 10.3 Å². The number of pyridine rings is 1. The van der Waals surface area contributed by atoms with E-state index < -0.39 is 0 Å². The molecule has 2 atom stereocenters. The van der Waals surface area contributed by atoms with E-state index in [1.165, 1.54) is 0 Å². The van der Waals surface area contributed by atoms with Crippen LogP contribution in [0, 0.1) is 5.92 Å². The number of rotatable bonds is 5. The number of ether oxygens (including phenoxy) is 2. The first-order valence-corrected chi connectivity index (χ1v) is 8.24. The second-order valence-electron chi connectivity index (χ2n) is 5.52. The van der Waals surface area contributed by atoms with Crippen LogP contribution in [0.5, 0.6) is 11.5 Å². The molecule has 0 saturated carbocycles. The highest BCUT2D eigenvalue weighted by molar-refractivity contribution is 6.30. The minimum atomic E-state index is -0.147. The summed E-state index contributed by atoms with van der Waals surface area (Å²) in [5, 5.41) is 4.59. The summed E-state index contributed by atoms with van der Waals surface area (Å²) >= 11 is 12.1. The third-order valence-electron chi connectivity index (χ3n) is 3.96. The number of halogens is 2. The van der Waals surface area contributed by atoms with Gasteiger partial charge in [0.15, 0.2) is 11.5 Å². The van der Waals surface area contributed by atoms with Crippen LogP contribution < -0.4 is 14.8 Å². The zero-order valence-corrected chi connectivity index (χ0v) is 14.3. The third kappa shape index (κ3) is 3.89. The Morgan fingerprint density at radius 3 is 2.74 bits per heavy atom. The van der Waals surface area contributed by atoms with Crippen LogP contribution in [0.4, 0.5) is 0 Å². The van der Waals surface area contributed by atoms with Gasteiger partial charge in [0.1, 0.15) is 6.10 Å². The highest BCUT2D eigenvalue weighted by atomic mass is 35.5. The molecule has 1 aromatic heterocycles. The fraction of sp³-hybridized carbons (Fsp3) is 0.353. The molecule has 1 aliphatic rings. The summed E-state index contributed by atoms with van der Waals surface area (Å²) in [6, 6.07) is 7.27. The van der Waals surface area contributed by atoms with E-state index in [9.17, 15) is 0 Å². The number of hydrogen-bond acceptors (Lipinski definition) is 4. The number of nitrogens with zero attached hydrogens (tertiary/aromatic N) is 1. The quantitative estimate of drug-likeness (QED) is 0.878. The van der Waals surface area contributed by atoms with Crippen molar-refractivity contribution in [2.45, 2.75) is 12.5 Å². The second-order valence-corrected chi connectivity index (χ2v) is 6.40. The summed E-state index contributed by atoms with van der Waals surface area (Å²) in [6.45, 7) is 1.88. The first-order chi connectivity index (χ1) is 11.2. The molecule has 0 aliphatic carbocycles. The van der Waals surface area contributed by atoms with Crippen molar-refractivity contribution < 1.29 is 9.47 Å². The van der Waals surface area contributed by atoms with E-state index in [0.29, 0.717) is 27.5 Å². The maximum Gasteiger partial charge on any atom is 0.162 e. The van der Waals surface area contributed by atoms with Crippen molar-refractivity contribution in [3.05, 3.63) is 52.3 Å². The molecule has 122 valence electrons. The molecule has 4 nitrogen and oxygen atoms in total. The average molecular weight is 353 g/mol. The Morgan fingerprint density at radius 2 is 2.04 bits per heavy atom. The van der Waals surface area contributed by atoms with Crippen molar-refractivity contribution in [3.63, 3.8) is 0 Å². The Balaban J connectivity index is 1.93. The van der Waals surface area contributed by atoms with E-state index in [4.69, 9.17) is 32.7 Å². The number of benzene rings is 1. The average Bonchev–Trinajstić information content (AvgIpc) is 3.07. The minimum absolute atomic E-state index is 0.147. The molecule has 0 amide bonds. The Kier molecular flexibility index (Phi) is 5.26. The van der Waals surface area contributed by atoms with Crippen molar-refractivity contribution in [3.8, 4) is 11.5 Å². The predicted molar refractivity (Wildman–Crippen MR) is 91.6 cm³/mol. The lowest BCUT2D eigenvalue weighted by Gasteiger charge is -2.25. The van der Waals surface area contributed by atoms with E-state index in [1.54, 1.807) is 31.6 Å². The highest BCUT2D eigenvalue weighted by Gasteiger charge is 2.29. The van der Waals surface area contributed by atoms with E-state index in [1.807, 2.05) is 12.1 Å². The molecule has 2 heterocycles. The van der Waals surface area contributed by atoms with Crippen LogP contribution >= 0.6 is 23.2 Å². The lowest BCUT2D eigenvalue weighted by atomic mass is 9.96. The molecule has 0 spiro atoms. The van der Waals surface area contributed by atoms with Crippen LogP contribution in [-0.2, 0) is 0 Å². The van der Waals surface area contributed by atoms with Crippen LogP contribution in [0.1, 0.15) is 18.1 Å². The third-order valence-corrected chi connectivity index (χ3v) is 4.40. The molecule has 1 saturated heterocycles. The molecule has 0 radical (unpaired) electrons. The van der Waals surface area contributed by atoms with Gasteiger partial charge in [0, 0.05) is 41.5 Å². The summed E-state index contributed by atoms with van der Waals surface area (Å²) in [5.41, 5.74) is 0.961. The lowest BCUT2D eigenvalue weighted by Crippen LogP contribution is -2.21. The molecule has 1 N–H and O–H groups in total. The monoisotopic (exact) mass is 352 g/mol. The van der Waals surface area contributed by atoms with Crippen LogP contribution in [0.3, 0.4) is 0 Å². The van der Waals surface area contributed by atoms with Crippen molar-refractivity contribution in [2.24, 2.45) is 5.92 Å². The molecule has 1 aliphatic heterocycles. The van der Waals surface area contributed by atoms with Gasteiger partial charge >= 0.3 is 0 Å². The van der Waals surface area contributed by atoms with Crippen LogP contribution in [0.2, 0.25) is 10.0 Å². The Labute approximate surface area is 145 Å². The fourth-order valence-electron chi connectivity index (χ4n) is 2.83. The minimum Gasteiger partial charge on any atom is -0.493 e. The summed E-state index contributed by atoms with van der Waals surface area (Å²) in [6.07, 6.45) is 4.31. The summed E-state index contributed by atoms with van der Waals surface area (Å²) in [7, 11) is 1.60. The predicted octanol–water partition coefficient (Wildman–Crippen LogP) is 4.13. The van der Waals surface area contributed by atoms with Crippen molar-refractivity contribution in [1.82, 2.24) is 10.3 Å². The van der Waals surface area contributed by atoms with Gasteiger partial charge < -0.3 is 14.8 Å². The molecule has 1 fully saturated rings. The zero-order chi connectivity index (χ0) is 16.2. The highest BCUT2D eigenvalue weighted by Crippen LogP contribution is 2.37. The zero-order valence-electron chi connectivity index (χ0n) is 12.8. The maximum absolute atomic E-state index is 6.29. The molecule has 6 heteroatoms. The molecule has 2 aromatic rings.